The molecule has 2 aromatic carbocycles. The number of aliphatic imine (C=N–C) groups is 1. The maximum atomic E-state index is 15.3. The fourth-order valence-electron chi connectivity index (χ4n) is 4.64. The highest BCUT2D eigenvalue weighted by atomic mass is 32.2. The zero-order chi connectivity index (χ0) is 27.6. The predicted molar refractivity (Wildman–Crippen MR) is 139 cm³/mol. The Morgan fingerprint density at radius 3 is 2.69 bits per heavy atom. The molecule has 3 aromatic rings. The number of hydrogen-bond acceptors (Lipinski definition) is 6. The number of carbonyl (C=O) groups excluding carboxylic acids is 1. The van der Waals surface area contributed by atoms with E-state index in [0.29, 0.717) is 5.56 Å². The number of amides is 1. The number of amidine groups is 1. The van der Waals surface area contributed by atoms with E-state index in [2.05, 4.69) is 15.3 Å². The summed E-state index contributed by atoms with van der Waals surface area (Å²) >= 11 is 1.08. The first-order valence-corrected chi connectivity index (χ1v) is 12.8. The number of hydrogen-bond donors (Lipinski definition) is 1. The highest BCUT2D eigenvalue weighted by molar-refractivity contribution is 8.13. The van der Waals surface area contributed by atoms with Crippen molar-refractivity contribution in [1.29, 1.82) is 5.26 Å². The van der Waals surface area contributed by atoms with Crippen molar-refractivity contribution in [3.05, 3.63) is 101 Å². The Morgan fingerprint density at radius 1 is 1.21 bits per heavy atom. The Bertz CT molecular complexity index is 1490. The molecule has 6 nitrogen and oxygen atoms in total. The number of thioether (sulfide) groups is 1. The molecule has 3 heterocycles. The number of fused-ring (bicyclic) bond motifs is 1. The highest BCUT2D eigenvalue weighted by Crippen LogP contribution is 2.49. The number of benzene rings is 2. The van der Waals surface area contributed by atoms with E-state index in [9.17, 15) is 18.0 Å². The van der Waals surface area contributed by atoms with Crippen molar-refractivity contribution < 1.29 is 27.1 Å². The molecule has 1 amide bonds. The van der Waals surface area contributed by atoms with E-state index in [1.807, 2.05) is 6.07 Å². The Hall–Kier alpha value is -4.01. The number of rotatable bonds is 5. The summed E-state index contributed by atoms with van der Waals surface area (Å²) < 4.78 is 63.5. The smallest absolute Gasteiger partial charge is 0.264 e. The van der Waals surface area contributed by atoms with Crippen LogP contribution in [0.25, 0.3) is 11.9 Å². The van der Waals surface area contributed by atoms with Crippen LogP contribution >= 0.6 is 11.8 Å². The van der Waals surface area contributed by atoms with E-state index in [1.165, 1.54) is 30.5 Å². The van der Waals surface area contributed by atoms with E-state index in [4.69, 9.17) is 10.00 Å². The summed E-state index contributed by atoms with van der Waals surface area (Å²) in [6.45, 7) is -0.346. The van der Waals surface area contributed by atoms with Gasteiger partial charge < -0.3 is 10.1 Å². The Balaban J connectivity index is 1.53. The number of nitrogens with one attached hydrogen (secondary N) is 1. The van der Waals surface area contributed by atoms with Gasteiger partial charge in [0.1, 0.15) is 29.4 Å². The van der Waals surface area contributed by atoms with Crippen LogP contribution in [-0.4, -0.2) is 40.9 Å². The number of pyridine rings is 1. The molecule has 39 heavy (non-hydrogen) atoms. The molecule has 3 atom stereocenters. The van der Waals surface area contributed by atoms with Crippen LogP contribution in [0.15, 0.2) is 71.9 Å². The molecule has 2 aliphatic rings. The third-order valence-corrected chi connectivity index (χ3v) is 7.59. The largest absolute Gasteiger partial charge is 0.369 e. The average molecular weight is 553 g/mol. The maximum absolute atomic E-state index is 15.3. The van der Waals surface area contributed by atoms with Gasteiger partial charge in [0.2, 0.25) is 0 Å². The molecule has 11 heteroatoms. The van der Waals surface area contributed by atoms with Crippen molar-refractivity contribution in [3.63, 3.8) is 0 Å². The molecule has 1 fully saturated rings. The summed E-state index contributed by atoms with van der Waals surface area (Å²) in [6.07, 6.45) is -1.98. The van der Waals surface area contributed by atoms with E-state index in [0.717, 1.165) is 23.9 Å². The number of alkyl halides is 2. The molecule has 0 aliphatic carbocycles. The van der Waals surface area contributed by atoms with Gasteiger partial charge in [-0.2, -0.15) is 5.26 Å². The van der Waals surface area contributed by atoms with Crippen molar-refractivity contribution in [2.75, 3.05) is 12.4 Å². The van der Waals surface area contributed by atoms with Gasteiger partial charge in [-0.05, 0) is 48.0 Å². The van der Waals surface area contributed by atoms with Gasteiger partial charge in [0.15, 0.2) is 5.17 Å². The molecular formula is C28H20F4N4O2S. The van der Waals surface area contributed by atoms with Crippen molar-refractivity contribution in [3.8, 4) is 6.07 Å². The lowest BCUT2D eigenvalue weighted by molar-refractivity contribution is -0.0359. The number of ether oxygens (including phenoxy) is 1. The minimum Gasteiger partial charge on any atom is -0.369 e. The SMILES string of the molecule is N#Cc1ccc(/C(F)=C/c2ccc(F)c([C@@]34CO[C@@H](C(F)F)[C@@H]3CSC(NC(=O)c3ccccc3)=N4)c2)nc1. The molecule has 0 radical (unpaired) electrons. The minimum atomic E-state index is -2.83. The van der Waals surface area contributed by atoms with E-state index in [-0.39, 0.29) is 39.9 Å². The molecule has 198 valence electrons. The number of nitriles is 1. The van der Waals surface area contributed by atoms with Crippen LogP contribution in [0.2, 0.25) is 0 Å². The number of halogens is 4. The average Bonchev–Trinajstić information content (AvgIpc) is 3.34. The van der Waals surface area contributed by atoms with E-state index in [1.54, 1.807) is 30.3 Å². The summed E-state index contributed by atoms with van der Waals surface area (Å²) in [5.74, 6) is -2.73. The van der Waals surface area contributed by atoms with Gasteiger partial charge in [-0.25, -0.2) is 22.6 Å². The van der Waals surface area contributed by atoms with Crippen molar-refractivity contribution in [2.45, 2.75) is 18.1 Å². The van der Waals surface area contributed by atoms with Gasteiger partial charge in [-0.3, -0.25) is 9.78 Å². The highest BCUT2D eigenvalue weighted by Gasteiger charge is 2.57. The molecule has 0 saturated carbocycles. The van der Waals surface area contributed by atoms with Crippen LogP contribution in [0.1, 0.15) is 32.7 Å². The zero-order valence-corrected chi connectivity index (χ0v) is 21.0. The van der Waals surface area contributed by atoms with Gasteiger partial charge >= 0.3 is 0 Å². The van der Waals surface area contributed by atoms with Crippen molar-refractivity contribution in [1.82, 2.24) is 10.3 Å². The second-order valence-electron chi connectivity index (χ2n) is 8.96. The lowest BCUT2D eigenvalue weighted by Crippen LogP contribution is -2.45. The summed E-state index contributed by atoms with van der Waals surface area (Å²) in [5, 5.41) is 11.7. The Kier molecular flexibility index (Phi) is 7.50. The normalized spacial score (nSPS) is 22.7. The van der Waals surface area contributed by atoms with Crippen LogP contribution in [0, 0.1) is 23.1 Å². The van der Waals surface area contributed by atoms with Crippen LogP contribution in [0.3, 0.4) is 0 Å². The third kappa shape index (κ3) is 5.30. The number of carbonyl (C=O) groups is 1. The second kappa shape index (κ2) is 11.0. The standard InChI is InChI=1S/C28H20F4N4O2S/c29-21-8-6-16(11-22(30)23-9-7-17(12-33)13-34-23)10-19(21)28-15-38-24(25(31)32)20(28)14-39-27(36-28)35-26(37)18-4-2-1-3-5-18/h1-11,13,20,24-25H,14-15H2,(H,35,36,37)/b22-11-/t20-,24+,28-/m0/s1. The molecule has 0 unspecified atom stereocenters. The lowest BCUT2D eigenvalue weighted by Gasteiger charge is -2.36. The monoisotopic (exact) mass is 552 g/mol. The molecule has 1 aromatic heterocycles. The van der Waals surface area contributed by atoms with E-state index >= 15 is 4.39 Å². The molecular weight excluding hydrogens is 532 g/mol. The van der Waals surface area contributed by atoms with Gasteiger partial charge in [0.05, 0.1) is 17.9 Å². The summed E-state index contributed by atoms with van der Waals surface area (Å²) in [7, 11) is 0. The minimum absolute atomic E-state index is 0.0316. The van der Waals surface area contributed by atoms with Gasteiger partial charge in [0, 0.05) is 29.0 Å². The first-order chi connectivity index (χ1) is 18.8. The van der Waals surface area contributed by atoms with Gasteiger partial charge in [-0.1, -0.05) is 36.0 Å². The van der Waals surface area contributed by atoms with Crippen LogP contribution < -0.4 is 5.32 Å². The third-order valence-electron chi connectivity index (χ3n) is 6.60. The molecule has 0 spiro atoms. The van der Waals surface area contributed by atoms with Crippen LogP contribution in [-0.2, 0) is 10.3 Å². The summed E-state index contributed by atoms with van der Waals surface area (Å²) in [6, 6.07) is 16.8. The molecule has 1 N–H and O–H groups in total. The number of aromatic nitrogens is 1. The molecule has 1 saturated heterocycles. The molecule has 5 rings (SSSR count). The first-order valence-electron chi connectivity index (χ1n) is 11.8. The summed E-state index contributed by atoms with van der Waals surface area (Å²) in [4.78, 5) is 21.2. The van der Waals surface area contributed by atoms with Crippen LogP contribution in [0.4, 0.5) is 17.6 Å². The van der Waals surface area contributed by atoms with Crippen molar-refractivity contribution in [2.24, 2.45) is 10.9 Å². The summed E-state index contributed by atoms with van der Waals surface area (Å²) in [5.41, 5.74) is -0.767. The Morgan fingerprint density at radius 2 is 2.00 bits per heavy atom. The Labute approximate surface area is 225 Å². The van der Waals surface area contributed by atoms with Crippen molar-refractivity contribution >= 4 is 34.7 Å². The van der Waals surface area contributed by atoms with E-state index < -0.39 is 41.5 Å². The quantitative estimate of drug-likeness (QED) is 0.419. The predicted octanol–water partition coefficient (Wildman–Crippen LogP) is 5.57. The second-order valence-corrected chi connectivity index (χ2v) is 9.97. The first kappa shape index (κ1) is 26.6. The number of nitrogens with zero attached hydrogens (tertiary/aromatic N) is 3. The topological polar surface area (TPSA) is 87.4 Å². The van der Waals surface area contributed by atoms with Gasteiger partial charge in [0.25, 0.3) is 12.3 Å². The fourth-order valence-corrected chi connectivity index (χ4v) is 5.84. The van der Waals surface area contributed by atoms with Gasteiger partial charge in [-0.15, -0.1) is 0 Å². The maximum Gasteiger partial charge on any atom is 0.264 e. The lowest BCUT2D eigenvalue weighted by atomic mass is 9.78. The molecule has 0 bridgehead atoms. The van der Waals surface area contributed by atoms with Crippen LogP contribution in [0.5, 0.6) is 0 Å². The molecule has 2 aliphatic heterocycles. The fraction of sp³-hybridized carbons (Fsp3) is 0.214. The zero-order valence-electron chi connectivity index (χ0n) is 20.2.